The highest BCUT2D eigenvalue weighted by Crippen LogP contribution is 2.17. The fraction of sp³-hybridized carbons (Fsp3) is 0.364. The number of nitro groups is 1. The SMILES string of the molecule is COC(=O)CNC(C)c1ccc([N+](=O)[O-])cc1. The number of esters is 1. The number of nitro benzene ring substituents is 1. The van der Waals surface area contributed by atoms with Gasteiger partial charge in [0.05, 0.1) is 18.6 Å². The lowest BCUT2D eigenvalue weighted by Crippen LogP contribution is -2.26. The van der Waals surface area contributed by atoms with Crippen LogP contribution in [0, 0.1) is 10.1 Å². The quantitative estimate of drug-likeness (QED) is 0.476. The van der Waals surface area contributed by atoms with E-state index >= 15 is 0 Å². The molecule has 0 spiro atoms. The minimum Gasteiger partial charge on any atom is -0.468 e. The minimum absolute atomic E-state index is 0.0499. The number of hydrogen-bond donors (Lipinski definition) is 1. The Kier molecular flexibility index (Phi) is 4.59. The van der Waals surface area contributed by atoms with E-state index in [0.717, 1.165) is 5.56 Å². The summed E-state index contributed by atoms with van der Waals surface area (Å²) in [6.07, 6.45) is 0. The number of carbonyl (C=O) groups is 1. The van der Waals surface area contributed by atoms with E-state index in [1.54, 1.807) is 12.1 Å². The number of methoxy groups -OCH3 is 1. The first-order valence-electron chi connectivity index (χ1n) is 5.09. The van der Waals surface area contributed by atoms with Crippen molar-refractivity contribution in [3.05, 3.63) is 39.9 Å². The van der Waals surface area contributed by atoms with Crippen molar-refractivity contribution in [3.63, 3.8) is 0 Å². The Hall–Kier alpha value is -1.95. The Balaban J connectivity index is 2.60. The lowest BCUT2D eigenvalue weighted by atomic mass is 10.1. The van der Waals surface area contributed by atoms with Crippen molar-refractivity contribution < 1.29 is 14.5 Å². The summed E-state index contributed by atoms with van der Waals surface area (Å²) in [7, 11) is 1.32. The number of carbonyl (C=O) groups excluding carboxylic acids is 1. The van der Waals surface area contributed by atoms with E-state index in [9.17, 15) is 14.9 Å². The minimum atomic E-state index is -0.448. The average Bonchev–Trinajstić information content (AvgIpc) is 2.35. The first-order valence-corrected chi connectivity index (χ1v) is 5.09. The second kappa shape index (κ2) is 5.95. The zero-order valence-electron chi connectivity index (χ0n) is 9.67. The van der Waals surface area contributed by atoms with Crippen LogP contribution in [0.2, 0.25) is 0 Å². The van der Waals surface area contributed by atoms with E-state index in [0.29, 0.717) is 0 Å². The molecule has 0 aliphatic carbocycles. The van der Waals surface area contributed by atoms with Gasteiger partial charge in [0.1, 0.15) is 0 Å². The molecule has 0 aliphatic rings. The number of ether oxygens (including phenoxy) is 1. The van der Waals surface area contributed by atoms with Crippen LogP contribution >= 0.6 is 0 Å². The van der Waals surface area contributed by atoms with Crippen LogP contribution in [0.3, 0.4) is 0 Å². The van der Waals surface area contributed by atoms with E-state index in [1.807, 2.05) is 6.92 Å². The zero-order chi connectivity index (χ0) is 12.8. The smallest absolute Gasteiger partial charge is 0.319 e. The van der Waals surface area contributed by atoms with E-state index in [-0.39, 0.29) is 24.2 Å². The van der Waals surface area contributed by atoms with E-state index in [2.05, 4.69) is 10.1 Å². The molecule has 1 N–H and O–H groups in total. The van der Waals surface area contributed by atoms with Gasteiger partial charge in [-0.25, -0.2) is 0 Å². The number of nitrogens with zero attached hydrogens (tertiary/aromatic N) is 1. The molecule has 0 saturated carbocycles. The Morgan fingerprint density at radius 1 is 1.47 bits per heavy atom. The van der Waals surface area contributed by atoms with Gasteiger partial charge in [0.2, 0.25) is 0 Å². The summed E-state index contributed by atoms with van der Waals surface area (Å²) in [4.78, 5) is 20.9. The van der Waals surface area contributed by atoms with Crippen molar-refractivity contribution in [1.29, 1.82) is 0 Å². The maximum Gasteiger partial charge on any atom is 0.319 e. The Morgan fingerprint density at radius 2 is 2.06 bits per heavy atom. The van der Waals surface area contributed by atoms with E-state index in [1.165, 1.54) is 19.2 Å². The molecule has 1 unspecified atom stereocenters. The molecule has 6 nitrogen and oxygen atoms in total. The zero-order valence-corrected chi connectivity index (χ0v) is 9.67. The monoisotopic (exact) mass is 238 g/mol. The van der Waals surface area contributed by atoms with Crippen molar-refractivity contribution in [3.8, 4) is 0 Å². The van der Waals surface area contributed by atoms with Gasteiger partial charge in [0, 0.05) is 18.2 Å². The maximum absolute atomic E-state index is 10.9. The lowest BCUT2D eigenvalue weighted by Gasteiger charge is -2.12. The third-order valence-electron chi connectivity index (χ3n) is 2.38. The highest BCUT2D eigenvalue weighted by Gasteiger charge is 2.10. The van der Waals surface area contributed by atoms with Crippen LogP contribution in [0.1, 0.15) is 18.5 Å². The molecule has 0 amide bonds. The van der Waals surface area contributed by atoms with Crippen molar-refractivity contribution in [2.75, 3.05) is 13.7 Å². The van der Waals surface area contributed by atoms with Gasteiger partial charge < -0.3 is 10.1 Å². The van der Waals surface area contributed by atoms with Gasteiger partial charge in [-0.2, -0.15) is 0 Å². The van der Waals surface area contributed by atoms with Crippen LogP contribution in [0.5, 0.6) is 0 Å². The predicted molar refractivity (Wildman–Crippen MR) is 61.5 cm³/mol. The standard InChI is InChI=1S/C11H14N2O4/c1-8(12-7-11(14)17-2)9-3-5-10(6-4-9)13(15)16/h3-6,8,12H,7H2,1-2H3. The summed E-state index contributed by atoms with van der Waals surface area (Å²) in [5.74, 6) is -0.348. The van der Waals surface area contributed by atoms with Crippen LogP contribution in [0.15, 0.2) is 24.3 Å². The Labute approximate surface area is 98.7 Å². The van der Waals surface area contributed by atoms with E-state index < -0.39 is 4.92 Å². The predicted octanol–water partition coefficient (Wildman–Crippen LogP) is 1.42. The van der Waals surface area contributed by atoms with Gasteiger partial charge in [-0.1, -0.05) is 12.1 Å². The molecule has 17 heavy (non-hydrogen) atoms. The molecule has 0 fully saturated rings. The second-order valence-corrected chi connectivity index (χ2v) is 3.53. The largest absolute Gasteiger partial charge is 0.468 e. The summed E-state index contributed by atoms with van der Waals surface area (Å²) >= 11 is 0. The number of rotatable bonds is 5. The molecule has 1 aromatic rings. The van der Waals surface area contributed by atoms with Gasteiger partial charge in [0.25, 0.3) is 5.69 Å². The van der Waals surface area contributed by atoms with Crippen molar-refractivity contribution in [2.45, 2.75) is 13.0 Å². The van der Waals surface area contributed by atoms with E-state index in [4.69, 9.17) is 0 Å². The van der Waals surface area contributed by atoms with Gasteiger partial charge >= 0.3 is 5.97 Å². The van der Waals surface area contributed by atoms with Crippen LogP contribution in [0.25, 0.3) is 0 Å². The third kappa shape index (κ3) is 3.84. The summed E-state index contributed by atoms with van der Waals surface area (Å²) in [5, 5.41) is 13.4. The Bertz CT molecular complexity index is 402. The molecule has 0 saturated heterocycles. The highest BCUT2D eigenvalue weighted by molar-refractivity contribution is 5.71. The fourth-order valence-electron chi connectivity index (χ4n) is 1.31. The molecule has 1 aromatic carbocycles. The maximum atomic E-state index is 10.9. The number of nitrogens with one attached hydrogen (secondary N) is 1. The molecule has 0 bridgehead atoms. The topological polar surface area (TPSA) is 81.5 Å². The van der Waals surface area contributed by atoms with Crippen LogP contribution in [-0.2, 0) is 9.53 Å². The number of non-ortho nitro benzene ring substituents is 1. The first-order chi connectivity index (χ1) is 8.04. The van der Waals surface area contributed by atoms with Crippen LogP contribution in [-0.4, -0.2) is 24.5 Å². The van der Waals surface area contributed by atoms with Crippen molar-refractivity contribution >= 4 is 11.7 Å². The number of benzene rings is 1. The van der Waals surface area contributed by atoms with Crippen LogP contribution < -0.4 is 5.32 Å². The fourth-order valence-corrected chi connectivity index (χ4v) is 1.31. The molecule has 0 heterocycles. The van der Waals surface area contributed by atoms with Crippen LogP contribution in [0.4, 0.5) is 5.69 Å². The lowest BCUT2D eigenvalue weighted by molar-refractivity contribution is -0.384. The van der Waals surface area contributed by atoms with Gasteiger partial charge in [-0.3, -0.25) is 14.9 Å². The molecule has 1 atom stereocenters. The van der Waals surface area contributed by atoms with Gasteiger partial charge in [-0.05, 0) is 12.5 Å². The Morgan fingerprint density at radius 3 is 2.53 bits per heavy atom. The van der Waals surface area contributed by atoms with Gasteiger partial charge in [-0.15, -0.1) is 0 Å². The molecular formula is C11H14N2O4. The normalized spacial score (nSPS) is 11.9. The number of hydrogen-bond acceptors (Lipinski definition) is 5. The molecule has 0 aromatic heterocycles. The highest BCUT2D eigenvalue weighted by atomic mass is 16.6. The second-order valence-electron chi connectivity index (χ2n) is 3.53. The average molecular weight is 238 g/mol. The molecule has 1 rings (SSSR count). The van der Waals surface area contributed by atoms with Crippen molar-refractivity contribution in [1.82, 2.24) is 5.32 Å². The van der Waals surface area contributed by atoms with Gasteiger partial charge in [0.15, 0.2) is 0 Å². The summed E-state index contributed by atoms with van der Waals surface area (Å²) in [6, 6.07) is 6.12. The summed E-state index contributed by atoms with van der Waals surface area (Å²) in [6.45, 7) is 1.97. The summed E-state index contributed by atoms with van der Waals surface area (Å²) < 4.78 is 4.50. The molecular weight excluding hydrogens is 224 g/mol. The molecule has 0 radical (unpaired) electrons. The first kappa shape index (κ1) is 13.1. The van der Waals surface area contributed by atoms with Crippen molar-refractivity contribution in [2.24, 2.45) is 0 Å². The molecule has 0 aliphatic heterocycles. The molecule has 92 valence electrons. The summed E-state index contributed by atoms with van der Waals surface area (Å²) in [5.41, 5.74) is 0.924. The molecule has 6 heteroatoms. The third-order valence-corrected chi connectivity index (χ3v) is 2.38.